The number of hydrogen-bond donors (Lipinski definition) is 2. The third-order valence-electron chi connectivity index (χ3n) is 3.65. The van der Waals surface area contributed by atoms with Crippen molar-refractivity contribution in [3.63, 3.8) is 0 Å². The maximum Gasteiger partial charge on any atom is 0.339 e. The summed E-state index contributed by atoms with van der Waals surface area (Å²) in [6.45, 7) is 2.73. The number of nitrogens with one attached hydrogen (secondary N) is 1. The van der Waals surface area contributed by atoms with Crippen LogP contribution in [0.3, 0.4) is 0 Å². The molecule has 7 nitrogen and oxygen atoms in total. The Labute approximate surface area is 157 Å². The number of rotatable bonds is 10. The standard InChI is InChI=1S/C20H23NO6/c1-3-10-26-15-5-7-16(8-6-15)27-13-19(22)21-12-14-4-9-18(25-2)17(11-14)20(23)24/h4-9,11H,3,10,12-13H2,1-2H3,(H,21,22)(H,23,24). The number of carboxylic acid groups (broad SMARTS) is 1. The third-order valence-corrected chi connectivity index (χ3v) is 3.65. The van der Waals surface area contributed by atoms with Crippen LogP contribution in [0.15, 0.2) is 42.5 Å². The number of methoxy groups -OCH3 is 1. The van der Waals surface area contributed by atoms with E-state index in [1.807, 2.05) is 6.92 Å². The number of carbonyl (C=O) groups excluding carboxylic acids is 1. The topological polar surface area (TPSA) is 94.1 Å². The van der Waals surface area contributed by atoms with Crippen molar-refractivity contribution in [3.05, 3.63) is 53.6 Å². The molecule has 0 atom stereocenters. The fraction of sp³-hybridized carbons (Fsp3) is 0.300. The van der Waals surface area contributed by atoms with Crippen molar-refractivity contribution in [1.82, 2.24) is 5.32 Å². The van der Waals surface area contributed by atoms with Gasteiger partial charge in [0.15, 0.2) is 6.61 Å². The van der Waals surface area contributed by atoms with E-state index >= 15 is 0 Å². The molecule has 1 amide bonds. The van der Waals surface area contributed by atoms with Crippen molar-refractivity contribution in [1.29, 1.82) is 0 Å². The van der Waals surface area contributed by atoms with Gasteiger partial charge in [-0.1, -0.05) is 13.0 Å². The highest BCUT2D eigenvalue weighted by atomic mass is 16.5. The van der Waals surface area contributed by atoms with Crippen LogP contribution in [0.1, 0.15) is 29.3 Å². The van der Waals surface area contributed by atoms with Gasteiger partial charge in [0.25, 0.3) is 5.91 Å². The highest BCUT2D eigenvalue weighted by Gasteiger charge is 2.12. The fourth-order valence-corrected chi connectivity index (χ4v) is 2.28. The quantitative estimate of drug-likeness (QED) is 0.665. The second-order valence-electron chi connectivity index (χ2n) is 5.73. The lowest BCUT2D eigenvalue weighted by molar-refractivity contribution is -0.123. The van der Waals surface area contributed by atoms with E-state index in [0.717, 1.165) is 12.2 Å². The molecular formula is C20H23NO6. The molecule has 0 saturated carbocycles. The Bertz CT molecular complexity index is 773. The van der Waals surface area contributed by atoms with Gasteiger partial charge in [-0.2, -0.15) is 0 Å². The molecule has 2 aromatic rings. The molecular weight excluding hydrogens is 350 g/mol. The number of hydrogen-bond acceptors (Lipinski definition) is 5. The largest absolute Gasteiger partial charge is 0.496 e. The average Bonchev–Trinajstić information content (AvgIpc) is 2.69. The van der Waals surface area contributed by atoms with E-state index in [4.69, 9.17) is 14.2 Å². The summed E-state index contributed by atoms with van der Waals surface area (Å²) in [5.41, 5.74) is 0.699. The van der Waals surface area contributed by atoms with Crippen molar-refractivity contribution in [2.75, 3.05) is 20.3 Å². The molecule has 0 fully saturated rings. The number of carboxylic acids is 1. The Balaban J connectivity index is 1.82. The van der Waals surface area contributed by atoms with Crippen LogP contribution >= 0.6 is 0 Å². The van der Waals surface area contributed by atoms with Gasteiger partial charge in [-0.05, 0) is 48.4 Å². The lowest BCUT2D eigenvalue weighted by atomic mass is 10.1. The lowest BCUT2D eigenvalue weighted by Gasteiger charge is -2.10. The first kappa shape index (κ1) is 20.1. The first-order valence-electron chi connectivity index (χ1n) is 8.56. The molecule has 0 heterocycles. The van der Waals surface area contributed by atoms with Crippen LogP contribution in [0.2, 0.25) is 0 Å². The molecule has 0 unspecified atom stereocenters. The number of carbonyl (C=O) groups is 2. The van der Waals surface area contributed by atoms with E-state index in [1.54, 1.807) is 36.4 Å². The second kappa shape index (κ2) is 10.1. The monoisotopic (exact) mass is 373 g/mol. The zero-order valence-electron chi connectivity index (χ0n) is 15.4. The SMILES string of the molecule is CCCOc1ccc(OCC(=O)NCc2ccc(OC)c(C(=O)O)c2)cc1. The zero-order valence-corrected chi connectivity index (χ0v) is 15.4. The summed E-state index contributed by atoms with van der Waals surface area (Å²) < 4.78 is 15.9. The van der Waals surface area contributed by atoms with Gasteiger partial charge in [-0.3, -0.25) is 4.79 Å². The molecule has 2 N–H and O–H groups in total. The number of benzene rings is 2. The molecule has 0 aliphatic heterocycles. The Kier molecular flexibility index (Phi) is 7.49. The van der Waals surface area contributed by atoms with E-state index < -0.39 is 5.97 Å². The molecule has 7 heteroatoms. The van der Waals surface area contributed by atoms with Crippen LogP contribution in [-0.4, -0.2) is 37.3 Å². The van der Waals surface area contributed by atoms with Gasteiger partial charge >= 0.3 is 5.97 Å². The van der Waals surface area contributed by atoms with Crippen molar-refractivity contribution in [3.8, 4) is 17.2 Å². The Hall–Kier alpha value is -3.22. The maximum atomic E-state index is 11.9. The summed E-state index contributed by atoms with van der Waals surface area (Å²) in [6, 6.07) is 11.8. The summed E-state index contributed by atoms with van der Waals surface area (Å²) >= 11 is 0. The van der Waals surface area contributed by atoms with Crippen molar-refractivity contribution in [2.45, 2.75) is 19.9 Å². The van der Waals surface area contributed by atoms with Gasteiger partial charge in [-0.15, -0.1) is 0 Å². The second-order valence-corrected chi connectivity index (χ2v) is 5.73. The highest BCUT2D eigenvalue weighted by molar-refractivity contribution is 5.91. The Morgan fingerprint density at radius 3 is 2.30 bits per heavy atom. The molecule has 0 bridgehead atoms. The Morgan fingerprint density at radius 1 is 1.04 bits per heavy atom. The molecule has 0 spiro atoms. The predicted octanol–water partition coefficient (Wildman–Crippen LogP) is 2.88. The molecule has 2 aromatic carbocycles. The third kappa shape index (κ3) is 6.22. The van der Waals surface area contributed by atoms with Gasteiger partial charge in [0.05, 0.1) is 13.7 Å². The molecule has 0 aliphatic carbocycles. The fourth-order valence-electron chi connectivity index (χ4n) is 2.28. The molecule has 144 valence electrons. The van der Waals surface area contributed by atoms with Crippen molar-refractivity contribution < 1.29 is 28.9 Å². The number of amides is 1. The number of ether oxygens (including phenoxy) is 3. The van der Waals surface area contributed by atoms with Gasteiger partial charge in [0.1, 0.15) is 22.8 Å². The summed E-state index contributed by atoms with van der Waals surface area (Å²) in [5, 5.41) is 11.9. The maximum absolute atomic E-state index is 11.9. The summed E-state index contributed by atoms with van der Waals surface area (Å²) in [4.78, 5) is 23.2. The van der Waals surface area contributed by atoms with E-state index in [1.165, 1.54) is 13.2 Å². The minimum absolute atomic E-state index is 0.0471. The first-order chi connectivity index (χ1) is 13.0. The predicted molar refractivity (Wildman–Crippen MR) is 99.5 cm³/mol. The van der Waals surface area contributed by atoms with Crippen molar-refractivity contribution >= 4 is 11.9 Å². The van der Waals surface area contributed by atoms with Crippen LogP contribution in [0, 0.1) is 0 Å². The van der Waals surface area contributed by atoms with Crippen LogP contribution in [-0.2, 0) is 11.3 Å². The van der Waals surface area contributed by atoms with Gasteiger partial charge in [0.2, 0.25) is 0 Å². The van der Waals surface area contributed by atoms with Gasteiger partial charge in [-0.25, -0.2) is 4.79 Å². The van der Waals surface area contributed by atoms with E-state index in [2.05, 4.69) is 5.32 Å². The van der Waals surface area contributed by atoms with E-state index in [9.17, 15) is 14.7 Å². The number of aromatic carboxylic acids is 1. The van der Waals surface area contributed by atoms with Crippen LogP contribution in [0.5, 0.6) is 17.2 Å². The van der Waals surface area contributed by atoms with Crippen LogP contribution in [0.25, 0.3) is 0 Å². The minimum Gasteiger partial charge on any atom is -0.496 e. The zero-order chi connectivity index (χ0) is 19.6. The lowest BCUT2D eigenvalue weighted by Crippen LogP contribution is -2.28. The normalized spacial score (nSPS) is 10.1. The molecule has 27 heavy (non-hydrogen) atoms. The smallest absolute Gasteiger partial charge is 0.339 e. The van der Waals surface area contributed by atoms with E-state index in [0.29, 0.717) is 17.9 Å². The summed E-state index contributed by atoms with van der Waals surface area (Å²) in [7, 11) is 1.41. The van der Waals surface area contributed by atoms with E-state index in [-0.39, 0.29) is 30.4 Å². The highest BCUT2D eigenvalue weighted by Crippen LogP contribution is 2.20. The van der Waals surface area contributed by atoms with Crippen molar-refractivity contribution in [2.24, 2.45) is 0 Å². The molecule has 0 aromatic heterocycles. The average molecular weight is 373 g/mol. The molecule has 0 radical (unpaired) electrons. The minimum atomic E-state index is -1.09. The Morgan fingerprint density at radius 2 is 1.70 bits per heavy atom. The first-order valence-corrected chi connectivity index (χ1v) is 8.56. The van der Waals surface area contributed by atoms with Crippen LogP contribution in [0.4, 0.5) is 0 Å². The van der Waals surface area contributed by atoms with Gasteiger partial charge < -0.3 is 24.6 Å². The van der Waals surface area contributed by atoms with Crippen LogP contribution < -0.4 is 19.5 Å². The molecule has 2 rings (SSSR count). The molecule has 0 saturated heterocycles. The molecule has 0 aliphatic rings. The van der Waals surface area contributed by atoms with Gasteiger partial charge in [0, 0.05) is 6.54 Å². The summed E-state index contributed by atoms with van der Waals surface area (Å²) in [6.07, 6.45) is 0.931. The summed E-state index contributed by atoms with van der Waals surface area (Å²) in [5.74, 6) is 0.185.